The molecule has 0 aliphatic carbocycles. The number of fused-ring (bicyclic) bond motifs is 1. The number of hydrogen-bond acceptors (Lipinski definition) is 2. The lowest BCUT2D eigenvalue weighted by molar-refractivity contribution is 0.613. The van der Waals surface area contributed by atoms with Crippen LogP contribution in [0.15, 0.2) is 51.7 Å². The minimum Gasteiger partial charge on any atom is -0.456 e. The number of aryl methyl sites for hydroxylation is 3. The molecular weight excluding hydrogens is 308 g/mol. The normalized spacial score (nSPS) is 11.2. The summed E-state index contributed by atoms with van der Waals surface area (Å²) in [5.41, 5.74) is 5.34. The molecule has 0 aliphatic heterocycles. The van der Waals surface area contributed by atoms with Crippen molar-refractivity contribution in [3.63, 3.8) is 0 Å². The molecule has 1 heterocycles. The van der Waals surface area contributed by atoms with Crippen molar-refractivity contribution < 1.29 is 4.42 Å². The molecule has 0 amide bonds. The zero-order valence-electron chi connectivity index (χ0n) is 15.4. The molecule has 0 radical (unpaired) electrons. The zero-order valence-corrected chi connectivity index (χ0v) is 15.4. The lowest BCUT2D eigenvalue weighted by atomic mass is 10.0. The van der Waals surface area contributed by atoms with E-state index < -0.39 is 0 Å². The Bertz CT molecular complexity index is 917. The van der Waals surface area contributed by atoms with Crippen molar-refractivity contribution in [1.82, 2.24) is 0 Å². The van der Waals surface area contributed by atoms with Crippen molar-refractivity contribution in [3.8, 4) is 11.3 Å². The van der Waals surface area contributed by atoms with Gasteiger partial charge in [-0.1, -0.05) is 57.0 Å². The van der Waals surface area contributed by atoms with Crippen molar-refractivity contribution in [1.29, 1.82) is 0 Å². The molecule has 2 heteroatoms. The van der Waals surface area contributed by atoms with Gasteiger partial charge in [-0.3, -0.25) is 4.79 Å². The maximum Gasteiger partial charge on any atom is 0.193 e. The Hall–Kier alpha value is -2.35. The van der Waals surface area contributed by atoms with E-state index in [2.05, 4.69) is 45.0 Å². The maximum atomic E-state index is 12.5. The van der Waals surface area contributed by atoms with Crippen LogP contribution < -0.4 is 5.43 Å². The second-order valence-corrected chi connectivity index (χ2v) is 6.72. The smallest absolute Gasteiger partial charge is 0.193 e. The number of benzene rings is 2. The standard InChI is InChI=1S/C23H26O2/c1-4-6-7-8-17-10-12-18(13-11-17)22-15-21(24)20-14-9-16(3)19(5-2)23(20)25-22/h9-15H,4-8H2,1-3H3. The summed E-state index contributed by atoms with van der Waals surface area (Å²) >= 11 is 0. The fourth-order valence-corrected chi connectivity index (χ4v) is 3.37. The monoisotopic (exact) mass is 334 g/mol. The third-order valence-corrected chi connectivity index (χ3v) is 4.90. The molecule has 3 rings (SSSR count). The van der Waals surface area contributed by atoms with Gasteiger partial charge >= 0.3 is 0 Å². The van der Waals surface area contributed by atoms with E-state index in [0.717, 1.165) is 29.6 Å². The van der Waals surface area contributed by atoms with Gasteiger partial charge < -0.3 is 4.42 Å². The summed E-state index contributed by atoms with van der Waals surface area (Å²) < 4.78 is 6.17. The lowest BCUT2D eigenvalue weighted by Crippen LogP contribution is -2.03. The first-order chi connectivity index (χ1) is 12.1. The zero-order chi connectivity index (χ0) is 17.8. The number of hydrogen-bond donors (Lipinski definition) is 0. The second-order valence-electron chi connectivity index (χ2n) is 6.72. The van der Waals surface area contributed by atoms with E-state index in [9.17, 15) is 4.79 Å². The van der Waals surface area contributed by atoms with Crippen LogP contribution in [0.4, 0.5) is 0 Å². The van der Waals surface area contributed by atoms with Crippen molar-refractivity contribution in [2.24, 2.45) is 0 Å². The van der Waals surface area contributed by atoms with E-state index in [1.807, 2.05) is 12.1 Å². The van der Waals surface area contributed by atoms with Crippen LogP contribution in [0.5, 0.6) is 0 Å². The first-order valence-corrected chi connectivity index (χ1v) is 9.29. The van der Waals surface area contributed by atoms with Gasteiger partial charge in [-0.15, -0.1) is 0 Å². The lowest BCUT2D eigenvalue weighted by Gasteiger charge is -2.09. The van der Waals surface area contributed by atoms with Crippen molar-refractivity contribution in [3.05, 3.63) is 69.4 Å². The van der Waals surface area contributed by atoms with Gasteiger partial charge in [0.25, 0.3) is 0 Å². The maximum absolute atomic E-state index is 12.5. The van der Waals surface area contributed by atoms with Gasteiger partial charge in [-0.25, -0.2) is 0 Å². The first-order valence-electron chi connectivity index (χ1n) is 9.29. The molecule has 0 fully saturated rings. The summed E-state index contributed by atoms with van der Waals surface area (Å²) in [4.78, 5) is 12.5. The molecule has 0 saturated heterocycles. The van der Waals surface area contributed by atoms with Crippen LogP contribution in [0.25, 0.3) is 22.3 Å². The quantitative estimate of drug-likeness (QED) is 0.513. The van der Waals surface area contributed by atoms with Crippen molar-refractivity contribution >= 4 is 11.0 Å². The molecule has 2 aromatic carbocycles. The topological polar surface area (TPSA) is 30.2 Å². The van der Waals surface area contributed by atoms with E-state index in [4.69, 9.17) is 4.42 Å². The van der Waals surface area contributed by atoms with Gasteiger partial charge in [0.05, 0.1) is 5.39 Å². The molecule has 0 spiro atoms. The molecule has 0 saturated carbocycles. The van der Waals surface area contributed by atoms with Crippen LogP contribution in [-0.2, 0) is 12.8 Å². The Labute approximate surface area is 149 Å². The van der Waals surface area contributed by atoms with Crippen LogP contribution in [0, 0.1) is 6.92 Å². The Kier molecular flexibility index (Phi) is 5.37. The summed E-state index contributed by atoms with van der Waals surface area (Å²) in [5.74, 6) is 0.651. The average molecular weight is 334 g/mol. The van der Waals surface area contributed by atoms with E-state index in [-0.39, 0.29) is 5.43 Å². The molecule has 1 aromatic heterocycles. The van der Waals surface area contributed by atoms with Crippen LogP contribution >= 0.6 is 0 Å². The Morgan fingerprint density at radius 3 is 2.40 bits per heavy atom. The van der Waals surface area contributed by atoms with Crippen molar-refractivity contribution in [2.75, 3.05) is 0 Å². The Balaban J connectivity index is 2.00. The van der Waals surface area contributed by atoms with Gasteiger partial charge in [0.15, 0.2) is 5.43 Å². The van der Waals surface area contributed by atoms with Crippen LogP contribution in [0.2, 0.25) is 0 Å². The minimum atomic E-state index is 0.0259. The second kappa shape index (κ2) is 7.69. The molecule has 130 valence electrons. The molecule has 25 heavy (non-hydrogen) atoms. The highest BCUT2D eigenvalue weighted by molar-refractivity contribution is 5.82. The Morgan fingerprint density at radius 1 is 0.960 bits per heavy atom. The minimum absolute atomic E-state index is 0.0259. The molecule has 3 aromatic rings. The molecule has 0 unspecified atom stereocenters. The number of unbranched alkanes of at least 4 members (excludes halogenated alkanes) is 2. The van der Waals surface area contributed by atoms with E-state index in [1.54, 1.807) is 6.07 Å². The molecular formula is C23H26O2. The van der Waals surface area contributed by atoms with Gasteiger partial charge in [0, 0.05) is 11.6 Å². The van der Waals surface area contributed by atoms with Gasteiger partial charge in [0.1, 0.15) is 11.3 Å². The first kappa shape index (κ1) is 17.5. The van der Waals surface area contributed by atoms with Crippen LogP contribution in [0.1, 0.15) is 49.8 Å². The van der Waals surface area contributed by atoms with Gasteiger partial charge in [0.2, 0.25) is 0 Å². The average Bonchev–Trinajstić information content (AvgIpc) is 2.62. The van der Waals surface area contributed by atoms with Crippen molar-refractivity contribution in [2.45, 2.75) is 52.9 Å². The van der Waals surface area contributed by atoms with Crippen LogP contribution in [-0.4, -0.2) is 0 Å². The molecule has 0 bridgehead atoms. The fourth-order valence-electron chi connectivity index (χ4n) is 3.37. The van der Waals surface area contributed by atoms with Crippen LogP contribution in [0.3, 0.4) is 0 Å². The predicted octanol–water partition coefficient (Wildman–Crippen LogP) is 6.06. The largest absolute Gasteiger partial charge is 0.456 e. The van der Waals surface area contributed by atoms with Gasteiger partial charge in [-0.05, 0) is 48.9 Å². The molecule has 2 nitrogen and oxygen atoms in total. The third-order valence-electron chi connectivity index (χ3n) is 4.90. The highest BCUT2D eigenvalue weighted by atomic mass is 16.3. The highest BCUT2D eigenvalue weighted by Gasteiger charge is 2.11. The van der Waals surface area contributed by atoms with E-state index >= 15 is 0 Å². The number of rotatable bonds is 6. The Morgan fingerprint density at radius 2 is 1.72 bits per heavy atom. The van der Waals surface area contributed by atoms with Gasteiger partial charge in [-0.2, -0.15) is 0 Å². The SMILES string of the molecule is CCCCCc1ccc(-c2cc(=O)c3ccc(C)c(CC)c3o2)cc1. The summed E-state index contributed by atoms with van der Waals surface area (Å²) in [5, 5.41) is 0.669. The predicted molar refractivity (Wildman–Crippen MR) is 105 cm³/mol. The molecule has 0 aliphatic rings. The van der Waals surface area contributed by atoms with E-state index in [0.29, 0.717) is 11.1 Å². The molecule has 0 N–H and O–H groups in total. The molecule has 0 atom stereocenters. The summed E-state index contributed by atoms with van der Waals surface area (Å²) in [7, 11) is 0. The summed E-state index contributed by atoms with van der Waals surface area (Å²) in [6.07, 6.45) is 5.68. The summed E-state index contributed by atoms with van der Waals surface area (Å²) in [6.45, 7) is 6.38. The van der Waals surface area contributed by atoms with E-state index in [1.165, 1.54) is 30.4 Å². The third kappa shape index (κ3) is 3.68. The summed E-state index contributed by atoms with van der Waals surface area (Å²) in [6, 6.07) is 13.9. The highest BCUT2D eigenvalue weighted by Crippen LogP contribution is 2.27. The fraction of sp³-hybridized carbons (Fsp3) is 0.348.